The topological polar surface area (TPSA) is 93.2 Å². The van der Waals surface area contributed by atoms with E-state index in [1.54, 1.807) is 12.5 Å². The van der Waals surface area contributed by atoms with Crippen LogP contribution in [0.4, 0.5) is 17.5 Å². The first-order chi connectivity index (χ1) is 14.8. The SMILES string of the molecule is O=C1CC(c2ccco2)Cc2nc(NCc3ccco3)nc(Nc3ccccc3)c21. The van der Waals surface area contributed by atoms with Crippen molar-refractivity contribution in [3.8, 4) is 0 Å². The molecule has 0 bridgehead atoms. The molecule has 0 radical (unpaired) electrons. The molecule has 1 unspecified atom stereocenters. The number of fused-ring (bicyclic) bond motifs is 1. The fraction of sp³-hybridized carbons (Fsp3) is 0.174. The van der Waals surface area contributed by atoms with Crippen molar-refractivity contribution in [3.05, 3.63) is 89.9 Å². The molecule has 1 aliphatic rings. The van der Waals surface area contributed by atoms with Crippen molar-refractivity contribution >= 4 is 23.2 Å². The molecule has 0 aliphatic heterocycles. The first kappa shape index (κ1) is 18.2. The molecule has 30 heavy (non-hydrogen) atoms. The van der Waals surface area contributed by atoms with Gasteiger partial charge in [-0.1, -0.05) is 18.2 Å². The highest BCUT2D eigenvalue weighted by molar-refractivity contribution is 6.03. The lowest BCUT2D eigenvalue weighted by Crippen LogP contribution is -2.23. The number of anilines is 3. The number of nitrogens with zero attached hydrogens (tertiary/aromatic N) is 2. The first-order valence-corrected chi connectivity index (χ1v) is 9.82. The Kier molecular flexibility index (Phi) is 4.77. The van der Waals surface area contributed by atoms with Gasteiger partial charge in [-0.2, -0.15) is 4.98 Å². The summed E-state index contributed by atoms with van der Waals surface area (Å²) in [6.45, 7) is 0.451. The van der Waals surface area contributed by atoms with Crippen LogP contribution in [0, 0.1) is 0 Å². The highest BCUT2D eigenvalue weighted by Crippen LogP contribution is 2.36. The fourth-order valence-corrected chi connectivity index (χ4v) is 3.71. The van der Waals surface area contributed by atoms with Crippen LogP contribution in [-0.4, -0.2) is 15.8 Å². The van der Waals surface area contributed by atoms with E-state index in [0.717, 1.165) is 17.2 Å². The second-order valence-electron chi connectivity index (χ2n) is 7.19. The van der Waals surface area contributed by atoms with Gasteiger partial charge in [0.1, 0.15) is 17.3 Å². The van der Waals surface area contributed by atoms with Gasteiger partial charge in [-0.15, -0.1) is 0 Å². The van der Waals surface area contributed by atoms with Gasteiger partial charge in [0.15, 0.2) is 5.78 Å². The van der Waals surface area contributed by atoms with E-state index in [9.17, 15) is 4.79 Å². The minimum Gasteiger partial charge on any atom is -0.469 e. The van der Waals surface area contributed by atoms with Gasteiger partial charge in [0.05, 0.1) is 30.3 Å². The molecule has 1 aromatic carbocycles. The molecule has 0 amide bonds. The van der Waals surface area contributed by atoms with Gasteiger partial charge in [0, 0.05) is 24.4 Å². The number of hydrogen-bond acceptors (Lipinski definition) is 7. The van der Waals surface area contributed by atoms with Crippen LogP contribution in [0.3, 0.4) is 0 Å². The summed E-state index contributed by atoms with van der Waals surface area (Å²) in [5, 5.41) is 6.48. The van der Waals surface area contributed by atoms with Crippen LogP contribution in [0.2, 0.25) is 0 Å². The average molecular weight is 400 g/mol. The van der Waals surface area contributed by atoms with Crippen molar-refractivity contribution < 1.29 is 13.6 Å². The number of Topliss-reactive ketones (excluding diaryl/α,β-unsaturated/α-hetero) is 1. The number of aromatic nitrogens is 2. The van der Waals surface area contributed by atoms with Crippen molar-refractivity contribution in [3.63, 3.8) is 0 Å². The Balaban J connectivity index is 1.51. The van der Waals surface area contributed by atoms with E-state index in [0.29, 0.717) is 42.4 Å². The van der Waals surface area contributed by atoms with Crippen molar-refractivity contribution in [2.75, 3.05) is 10.6 Å². The lowest BCUT2D eigenvalue weighted by Gasteiger charge is -2.24. The van der Waals surface area contributed by atoms with Crippen molar-refractivity contribution in [2.45, 2.75) is 25.3 Å². The molecule has 7 heteroatoms. The summed E-state index contributed by atoms with van der Waals surface area (Å²) < 4.78 is 10.9. The number of furan rings is 2. The number of nitrogens with one attached hydrogen (secondary N) is 2. The summed E-state index contributed by atoms with van der Waals surface area (Å²) >= 11 is 0. The van der Waals surface area contributed by atoms with Gasteiger partial charge >= 0.3 is 0 Å². The predicted molar refractivity (Wildman–Crippen MR) is 112 cm³/mol. The zero-order valence-electron chi connectivity index (χ0n) is 16.2. The Hall–Kier alpha value is -3.87. The highest BCUT2D eigenvalue weighted by Gasteiger charge is 2.32. The summed E-state index contributed by atoms with van der Waals surface area (Å²) in [5.41, 5.74) is 2.12. The smallest absolute Gasteiger partial charge is 0.225 e. The minimum atomic E-state index is -0.0302. The van der Waals surface area contributed by atoms with Crippen LogP contribution in [0.15, 0.2) is 76.0 Å². The third-order valence-electron chi connectivity index (χ3n) is 5.12. The second-order valence-corrected chi connectivity index (χ2v) is 7.19. The van der Waals surface area contributed by atoms with Crippen molar-refractivity contribution in [1.82, 2.24) is 9.97 Å². The molecule has 1 aliphatic carbocycles. The molecular formula is C23H20N4O3. The summed E-state index contributed by atoms with van der Waals surface area (Å²) in [5.74, 6) is 2.51. The number of para-hydroxylation sites is 1. The largest absolute Gasteiger partial charge is 0.469 e. The molecule has 7 nitrogen and oxygen atoms in total. The summed E-state index contributed by atoms with van der Waals surface area (Å²) in [6, 6.07) is 17.1. The zero-order valence-corrected chi connectivity index (χ0v) is 16.2. The third kappa shape index (κ3) is 3.69. The maximum atomic E-state index is 13.1. The summed E-state index contributed by atoms with van der Waals surface area (Å²) in [4.78, 5) is 22.3. The predicted octanol–water partition coefficient (Wildman–Crippen LogP) is 4.93. The van der Waals surface area contributed by atoms with E-state index in [1.165, 1.54) is 0 Å². The quantitative estimate of drug-likeness (QED) is 0.474. The monoisotopic (exact) mass is 400 g/mol. The first-order valence-electron chi connectivity index (χ1n) is 9.82. The van der Waals surface area contributed by atoms with Gasteiger partial charge in [-0.05, 0) is 36.4 Å². The van der Waals surface area contributed by atoms with Gasteiger partial charge in [0.25, 0.3) is 0 Å². The van der Waals surface area contributed by atoms with E-state index in [1.807, 2.05) is 54.6 Å². The van der Waals surface area contributed by atoms with Crippen LogP contribution in [0.1, 0.15) is 39.9 Å². The van der Waals surface area contributed by atoms with Gasteiger partial charge in [-0.3, -0.25) is 4.79 Å². The van der Waals surface area contributed by atoms with Crippen LogP contribution in [0.5, 0.6) is 0 Å². The Morgan fingerprint density at radius 3 is 2.53 bits per heavy atom. The highest BCUT2D eigenvalue weighted by atomic mass is 16.3. The molecule has 0 saturated heterocycles. The standard InChI is InChI=1S/C23H20N4O3/c28-19-13-15(20-9-5-11-30-20)12-18-21(19)22(25-16-6-2-1-3-7-16)27-23(26-18)24-14-17-8-4-10-29-17/h1-11,15H,12-14H2,(H2,24,25,26,27). The van der Waals surface area contributed by atoms with Crippen LogP contribution in [0.25, 0.3) is 0 Å². The van der Waals surface area contributed by atoms with Gasteiger partial charge in [0.2, 0.25) is 5.95 Å². The molecule has 2 N–H and O–H groups in total. The van der Waals surface area contributed by atoms with E-state index < -0.39 is 0 Å². The molecule has 0 spiro atoms. The average Bonchev–Trinajstić information content (AvgIpc) is 3.47. The molecule has 4 aromatic rings. The Morgan fingerprint density at radius 2 is 1.77 bits per heavy atom. The van der Waals surface area contributed by atoms with Gasteiger partial charge in [-0.25, -0.2) is 4.98 Å². The van der Waals surface area contributed by atoms with Crippen LogP contribution in [-0.2, 0) is 13.0 Å². The van der Waals surface area contributed by atoms with Crippen LogP contribution < -0.4 is 10.6 Å². The maximum absolute atomic E-state index is 13.1. The lowest BCUT2D eigenvalue weighted by molar-refractivity contribution is 0.0959. The van der Waals surface area contributed by atoms with E-state index in [4.69, 9.17) is 8.83 Å². The molecule has 0 fully saturated rings. The molecule has 5 rings (SSSR count). The number of hydrogen-bond donors (Lipinski definition) is 2. The maximum Gasteiger partial charge on any atom is 0.225 e. The normalized spacial score (nSPS) is 15.6. The Morgan fingerprint density at radius 1 is 0.933 bits per heavy atom. The molecule has 1 atom stereocenters. The number of ketones is 1. The number of carbonyl (C=O) groups is 1. The number of benzene rings is 1. The van der Waals surface area contributed by atoms with E-state index in [2.05, 4.69) is 20.6 Å². The molecular weight excluding hydrogens is 380 g/mol. The summed E-state index contributed by atoms with van der Waals surface area (Å²) in [6.07, 6.45) is 4.23. The van der Waals surface area contributed by atoms with Crippen molar-refractivity contribution in [2.24, 2.45) is 0 Å². The lowest BCUT2D eigenvalue weighted by atomic mass is 9.84. The number of rotatable bonds is 6. The van der Waals surface area contributed by atoms with Crippen molar-refractivity contribution in [1.29, 1.82) is 0 Å². The Bertz CT molecular complexity index is 1140. The fourth-order valence-electron chi connectivity index (χ4n) is 3.71. The Labute approximate surface area is 173 Å². The molecule has 150 valence electrons. The van der Waals surface area contributed by atoms with Crippen LogP contribution >= 0.6 is 0 Å². The third-order valence-corrected chi connectivity index (χ3v) is 5.12. The van der Waals surface area contributed by atoms with Gasteiger partial charge < -0.3 is 19.5 Å². The van der Waals surface area contributed by atoms with E-state index >= 15 is 0 Å². The molecule has 0 saturated carbocycles. The zero-order chi connectivity index (χ0) is 20.3. The second kappa shape index (κ2) is 7.87. The van der Waals surface area contributed by atoms with E-state index in [-0.39, 0.29) is 11.7 Å². The molecule has 3 aromatic heterocycles. The molecule has 3 heterocycles. The summed E-state index contributed by atoms with van der Waals surface area (Å²) in [7, 11) is 0. The minimum absolute atomic E-state index is 0.00802. The number of carbonyl (C=O) groups excluding carboxylic acids is 1.